The summed E-state index contributed by atoms with van der Waals surface area (Å²) in [5, 5.41) is 7.19. The van der Waals surface area contributed by atoms with E-state index < -0.39 is 15.6 Å². The van der Waals surface area contributed by atoms with Gasteiger partial charge in [0.05, 0.1) is 16.1 Å². The summed E-state index contributed by atoms with van der Waals surface area (Å²) in [5.41, 5.74) is 2.00. The van der Waals surface area contributed by atoms with Crippen LogP contribution in [0.3, 0.4) is 0 Å². The standard InChI is InChI=1S/C13H15N3O3S/c1-9-4-6-11(7-5-9)20(3,18)16-13(17)8-12-10(2)14-19-15-12/h4-7H,8H2,1-3H3. The lowest BCUT2D eigenvalue weighted by molar-refractivity contribution is -0.117. The minimum absolute atomic E-state index is 0.0635. The Hall–Kier alpha value is -2.02. The van der Waals surface area contributed by atoms with Crippen molar-refractivity contribution in [2.24, 2.45) is 4.36 Å². The minimum Gasteiger partial charge on any atom is -0.271 e. The fourth-order valence-electron chi connectivity index (χ4n) is 1.62. The number of carbonyl (C=O) groups is 1. The molecule has 1 aromatic carbocycles. The second-order valence-corrected chi connectivity index (χ2v) is 6.83. The molecular formula is C13H15N3O3S. The molecule has 0 saturated carbocycles. The SMILES string of the molecule is Cc1ccc(S(C)(=O)=NC(=O)Cc2nonc2C)cc1. The van der Waals surface area contributed by atoms with Crippen LogP contribution in [0.5, 0.6) is 0 Å². The van der Waals surface area contributed by atoms with Gasteiger partial charge < -0.3 is 0 Å². The van der Waals surface area contributed by atoms with E-state index in [1.807, 2.05) is 19.1 Å². The molecule has 0 N–H and O–H groups in total. The highest BCUT2D eigenvalue weighted by Gasteiger charge is 2.13. The highest BCUT2D eigenvalue weighted by Crippen LogP contribution is 2.13. The Bertz CT molecular complexity index is 740. The van der Waals surface area contributed by atoms with E-state index in [1.165, 1.54) is 6.26 Å². The first kappa shape index (κ1) is 14.4. The molecule has 0 aliphatic carbocycles. The number of aryl methyl sites for hydroxylation is 2. The zero-order valence-corrected chi connectivity index (χ0v) is 12.3. The summed E-state index contributed by atoms with van der Waals surface area (Å²) in [6.07, 6.45) is 1.38. The van der Waals surface area contributed by atoms with Gasteiger partial charge in [-0.2, -0.15) is 4.36 Å². The maximum absolute atomic E-state index is 12.5. The molecule has 0 spiro atoms. The van der Waals surface area contributed by atoms with Crippen molar-refractivity contribution in [1.82, 2.24) is 10.3 Å². The van der Waals surface area contributed by atoms with Gasteiger partial charge in [-0.25, -0.2) is 8.84 Å². The van der Waals surface area contributed by atoms with Gasteiger partial charge in [-0.3, -0.25) is 4.79 Å². The van der Waals surface area contributed by atoms with Gasteiger partial charge in [-0.15, -0.1) is 0 Å². The number of hydrogen-bond donors (Lipinski definition) is 0. The third-order valence-electron chi connectivity index (χ3n) is 2.80. The molecule has 0 aliphatic heterocycles. The van der Waals surface area contributed by atoms with Gasteiger partial charge in [0.25, 0.3) is 5.91 Å². The molecule has 0 aliphatic rings. The van der Waals surface area contributed by atoms with Gasteiger partial charge in [0, 0.05) is 11.2 Å². The first-order valence-electron chi connectivity index (χ1n) is 5.98. The van der Waals surface area contributed by atoms with Crippen LogP contribution in [0.25, 0.3) is 0 Å². The van der Waals surface area contributed by atoms with E-state index >= 15 is 0 Å². The highest BCUT2D eigenvalue weighted by molar-refractivity contribution is 7.93. The Balaban J connectivity index is 2.24. The molecule has 0 fully saturated rings. The van der Waals surface area contributed by atoms with E-state index in [0.717, 1.165) is 5.56 Å². The number of carbonyl (C=O) groups excluding carboxylic acids is 1. The third-order valence-corrected chi connectivity index (χ3v) is 4.50. The van der Waals surface area contributed by atoms with Crippen LogP contribution < -0.4 is 0 Å². The molecule has 7 heteroatoms. The molecule has 2 rings (SSSR count). The normalized spacial score (nSPS) is 13.8. The monoisotopic (exact) mass is 293 g/mol. The zero-order valence-electron chi connectivity index (χ0n) is 11.5. The Morgan fingerprint density at radius 1 is 1.25 bits per heavy atom. The molecule has 1 unspecified atom stereocenters. The third kappa shape index (κ3) is 3.30. The van der Waals surface area contributed by atoms with E-state index in [2.05, 4.69) is 19.3 Å². The van der Waals surface area contributed by atoms with E-state index in [4.69, 9.17) is 0 Å². The summed E-state index contributed by atoms with van der Waals surface area (Å²) in [6.45, 7) is 3.62. The maximum Gasteiger partial charge on any atom is 0.260 e. The molecule has 0 radical (unpaired) electrons. The molecule has 0 bridgehead atoms. The smallest absolute Gasteiger partial charge is 0.260 e. The van der Waals surface area contributed by atoms with Crippen LogP contribution in [-0.2, 0) is 20.9 Å². The lowest BCUT2D eigenvalue weighted by Gasteiger charge is -2.04. The van der Waals surface area contributed by atoms with E-state index in [-0.39, 0.29) is 6.42 Å². The molecule has 20 heavy (non-hydrogen) atoms. The maximum atomic E-state index is 12.5. The van der Waals surface area contributed by atoms with Gasteiger partial charge in [-0.05, 0) is 26.0 Å². The summed E-state index contributed by atoms with van der Waals surface area (Å²) in [7, 11) is -2.75. The Morgan fingerprint density at radius 2 is 1.90 bits per heavy atom. The first-order chi connectivity index (χ1) is 9.38. The molecule has 1 atom stereocenters. The molecule has 1 amide bonds. The number of hydrogen-bond acceptors (Lipinski definition) is 5. The van der Waals surface area contributed by atoms with Crippen molar-refractivity contribution < 1.29 is 13.6 Å². The fraction of sp³-hybridized carbons (Fsp3) is 0.308. The second kappa shape index (κ2) is 5.54. The zero-order chi connectivity index (χ0) is 14.8. The predicted octanol–water partition coefficient (Wildman–Crippen LogP) is 1.91. The van der Waals surface area contributed by atoms with Crippen LogP contribution in [0.1, 0.15) is 17.0 Å². The number of benzene rings is 1. The van der Waals surface area contributed by atoms with Crippen LogP contribution in [0.2, 0.25) is 0 Å². The van der Waals surface area contributed by atoms with Crippen molar-refractivity contribution >= 4 is 15.6 Å². The molecule has 106 valence electrons. The summed E-state index contributed by atoms with van der Waals surface area (Å²) in [4.78, 5) is 12.4. The van der Waals surface area contributed by atoms with E-state index in [9.17, 15) is 9.00 Å². The van der Waals surface area contributed by atoms with Crippen LogP contribution in [0, 0.1) is 13.8 Å². The van der Waals surface area contributed by atoms with Crippen molar-refractivity contribution in [1.29, 1.82) is 0 Å². The molecule has 1 heterocycles. The van der Waals surface area contributed by atoms with Crippen molar-refractivity contribution in [3.8, 4) is 0 Å². The summed E-state index contributed by atoms with van der Waals surface area (Å²) in [5.74, 6) is -0.503. The summed E-state index contributed by atoms with van der Waals surface area (Å²) >= 11 is 0. The quantitative estimate of drug-likeness (QED) is 0.863. The number of amides is 1. The summed E-state index contributed by atoms with van der Waals surface area (Å²) < 4.78 is 20.8. The van der Waals surface area contributed by atoms with Gasteiger partial charge in [0.2, 0.25) is 0 Å². The van der Waals surface area contributed by atoms with Crippen LogP contribution in [-0.4, -0.2) is 26.7 Å². The lowest BCUT2D eigenvalue weighted by Crippen LogP contribution is -2.06. The van der Waals surface area contributed by atoms with Gasteiger partial charge in [0.15, 0.2) is 0 Å². The number of rotatable bonds is 3. The van der Waals surface area contributed by atoms with Crippen LogP contribution in [0.4, 0.5) is 0 Å². The Kier molecular flexibility index (Phi) is 3.99. The molecule has 1 aromatic heterocycles. The van der Waals surface area contributed by atoms with Crippen molar-refractivity contribution in [3.05, 3.63) is 41.2 Å². The Morgan fingerprint density at radius 3 is 2.45 bits per heavy atom. The lowest BCUT2D eigenvalue weighted by atomic mass is 10.2. The van der Waals surface area contributed by atoms with E-state index in [1.54, 1.807) is 19.1 Å². The van der Waals surface area contributed by atoms with Crippen molar-refractivity contribution in [3.63, 3.8) is 0 Å². The van der Waals surface area contributed by atoms with Crippen molar-refractivity contribution in [2.75, 3.05) is 6.26 Å². The number of nitrogens with zero attached hydrogens (tertiary/aromatic N) is 3. The summed E-state index contributed by atoms with van der Waals surface area (Å²) in [6, 6.07) is 7.11. The molecule has 2 aromatic rings. The van der Waals surface area contributed by atoms with Crippen LogP contribution >= 0.6 is 0 Å². The highest BCUT2D eigenvalue weighted by atomic mass is 32.2. The molecule has 0 saturated heterocycles. The number of aromatic nitrogens is 2. The largest absolute Gasteiger partial charge is 0.271 e. The average molecular weight is 293 g/mol. The van der Waals surface area contributed by atoms with Gasteiger partial charge in [0.1, 0.15) is 11.4 Å². The topological polar surface area (TPSA) is 85.4 Å². The van der Waals surface area contributed by atoms with E-state index in [0.29, 0.717) is 16.3 Å². The second-order valence-electron chi connectivity index (χ2n) is 4.57. The predicted molar refractivity (Wildman–Crippen MR) is 73.7 cm³/mol. The van der Waals surface area contributed by atoms with Crippen LogP contribution in [0.15, 0.2) is 38.2 Å². The average Bonchev–Trinajstić information content (AvgIpc) is 2.74. The Labute approximate surface area is 117 Å². The minimum atomic E-state index is -2.75. The van der Waals surface area contributed by atoms with Gasteiger partial charge in [-0.1, -0.05) is 28.0 Å². The molecule has 6 nitrogen and oxygen atoms in total. The fourth-order valence-corrected chi connectivity index (χ4v) is 2.82. The first-order valence-corrected chi connectivity index (χ1v) is 7.90. The van der Waals surface area contributed by atoms with Crippen molar-refractivity contribution in [2.45, 2.75) is 25.2 Å². The van der Waals surface area contributed by atoms with Gasteiger partial charge >= 0.3 is 0 Å². The molecular weight excluding hydrogens is 278 g/mol.